The highest BCUT2D eigenvalue weighted by atomic mass is 28.3. The van der Waals surface area contributed by atoms with E-state index in [9.17, 15) is 15.8 Å². The molecule has 50 heavy (non-hydrogen) atoms. The molecule has 0 spiro atoms. The number of nitriles is 3. The first kappa shape index (κ1) is 30.4. The van der Waals surface area contributed by atoms with Crippen molar-refractivity contribution in [3.8, 4) is 35.0 Å². The average molecular weight is 653 g/mol. The molecule has 7 aromatic carbocycles. The van der Waals surface area contributed by atoms with Gasteiger partial charge in [0.15, 0.2) is 8.07 Å². The summed E-state index contributed by atoms with van der Waals surface area (Å²) in [6, 6.07) is 64.9. The molecule has 0 aliphatic carbocycles. The molecular formula is C45H28N4Si. The van der Waals surface area contributed by atoms with Gasteiger partial charge in [0.25, 0.3) is 0 Å². The Kier molecular flexibility index (Phi) is 7.63. The molecule has 0 N–H and O–H groups in total. The van der Waals surface area contributed by atoms with Gasteiger partial charge in [-0.25, -0.2) is 0 Å². The predicted molar refractivity (Wildman–Crippen MR) is 204 cm³/mol. The zero-order chi connectivity index (χ0) is 34.1. The zero-order valence-electron chi connectivity index (χ0n) is 27.0. The van der Waals surface area contributed by atoms with Gasteiger partial charge in [0.05, 0.1) is 51.6 Å². The summed E-state index contributed by atoms with van der Waals surface area (Å²) in [6.45, 7) is 0. The summed E-state index contributed by atoms with van der Waals surface area (Å²) in [5.41, 5.74) is 6.40. The van der Waals surface area contributed by atoms with Gasteiger partial charge >= 0.3 is 0 Å². The number of nitrogens with zero attached hydrogens (tertiary/aromatic N) is 4. The third kappa shape index (κ3) is 4.80. The lowest BCUT2D eigenvalue weighted by atomic mass is 10.00. The maximum atomic E-state index is 10.7. The normalized spacial score (nSPS) is 11.1. The van der Waals surface area contributed by atoms with Gasteiger partial charge in [-0.15, -0.1) is 0 Å². The molecule has 1 aromatic heterocycles. The summed E-state index contributed by atoms with van der Waals surface area (Å²) in [7, 11) is -3.04. The second-order valence-electron chi connectivity index (χ2n) is 12.3. The number of para-hydroxylation sites is 1. The minimum Gasteiger partial charge on any atom is -0.309 e. The third-order valence-electron chi connectivity index (χ3n) is 9.64. The van der Waals surface area contributed by atoms with E-state index in [0.29, 0.717) is 16.7 Å². The lowest BCUT2D eigenvalue weighted by molar-refractivity contribution is 1.18. The molecule has 0 aliphatic heterocycles. The Hall–Kier alpha value is -6.97. The van der Waals surface area contributed by atoms with Crippen LogP contribution in [0.25, 0.3) is 38.6 Å². The smallest absolute Gasteiger partial charge is 0.180 e. The van der Waals surface area contributed by atoms with Gasteiger partial charge in [0, 0.05) is 16.3 Å². The second-order valence-corrected chi connectivity index (χ2v) is 16.0. The van der Waals surface area contributed by atoms with Crippen LogP contribution in [0.3, 0.4) is 0 Å². The Balaban J connectivity index is 1.48. The number of fused-ring (bicyclic) bond motifs is 3. The summed E-state index contributed by atoms with van der Waals surface area (Å²) >= 11 is 0. The summed E-state index contributed by atoms with van der Waals surface area (Å²) in [4.78, 5) is 0. The van der Waals surface area contributed by atoms with Crippen molar-refractivity contribution in [2.75, 3.05) is 0 Å². The fourth-order valence-electron chi connectivity index (χ4n) is 7.48. The van der Waals surface area contributed by atoms with Crippen molar-refractivity contribution in [1.82, 2.24) is 4.57 Å². The molecule has 8 rings (SSSR count). The lowest BCUT2D eigenvalue weighted by Crippen LogP contribution is -2.75. The molecule has 0 aliphatic rings. The molecule has 0 unspecified atom stereocenters. The van der Waals surface area contributed by atoms with Crippen molar-refractivity contribution in [3.05, 3.63) is 187 Å². The Bertz CT molecular complexity index is 2580. The minimum atomic E-state index is -3.04. The highest BCUT2D eigenvalue weighted by Crippen LogP contribution is 2.37. The van der Waals surface area contributed by atoms with Crippen molar-refractivity contribution in [1.29, 1.82) is 15.8 Å². The average Bonchev–Trinajstić information content (AvgIpc) is 3.52. The standard InChI is InChI=1S/C45H28N4Si/c46-29-32-21-25-43-41(26-32)40-18-10-11-19-42(40)49(43)44-27-33(30-47)20-24-39(44)34-22-23-35(31-48)45(28-34)50(36-12-4-1-5-13-36,37-14-6-2-7-15-37)38-16-8-3-9-17-38/h1-28H. The number of rotatable bonds is 6. The first-order valence-electron chi connectivity index (χ1n) is 16.4. The first-order valence-corrected chi connectivity index (χ1v) is 18.4. The molecule has 0 saturated heterocycles. The van der Waals surface area contributed by atoms with Gasteiger partial charge in [0.1, 0.15) is 0 Å². The summed E-state index contributed by atoms with van der Waals surface area (Å²) in [5, 5.41) is 37.1. The number of hydrogen-bond acceptors (Lipinski definition) is 3. The van der Waals surface area contributed by atoms with Crippen LogP contribution < -0.4 is 20.7 Å². The van der Waals surface area contributed by atoms with Crippen LogP contribution in [0.4, 0.5) is 0 Å². The highest BCUT2D eigenvalue weighted by molar-refractivity contribution is 7.20. The molecule has 0 amide bonds. The molecule has 5 heteroatoms. The lowest BCUT2D eigenvalue weighted by Gasteiger charge is -2.35. The first-order chi connectivity index (χ1) is 24.7. The summed E-state index contributed by atoms with van der Waals surface area (Å²) in [6.07, 6.45) is 0. The van der Waals surface area contributed by atoms with E-state index >= 15 is 0 Å². The van der Waals surface area contributed by atoms with Crippen molar-refractivity contribution < 1.29 is 0 Å². The van der Waals surface area contributed by atoms with Crippen molar-refractivity contribution in [3.63, 3.8) is 0 Å². The summed E-state index contributed by atoms with van der Waals surface area (Å²) < 4.78 is 2.19. The molecule has 8 aromatic rings. The molecule has 4 nitrogen and oxygen atoms in total. The van der Waals surface area contributed by atoms with Crippen LogP contribution in [0.1, 0.15) is 16.7 Å². The van der Waals surface area contributed by atoms with Crippen LogP contribution in [0, 0.1) is 34.0 Å². The molecule has 0 radical (unpaired) electrons. The Labute approximate surface area is 291 Å². The highest BCUT2D eigenvalue weighted by Gasteiger charge is 2.43. The number of benzene rings is 7. The zero-order valence-corrected chi connectivity index (χ0v) is 28.0. The molecule has 0 bridgehead atoms. The van der Waals surface area contributed by atoms with Gasteiger partial charge in [0.2, 0.25) is 0 Å². The van der Waals surface area contributed by atoms with E-state index in [1.54, 1.807) is 0 Å². The topological polar surface area (TPSA) is 76.3 Å². The van der Waals surface area contributed by atoms with E-state index in [-0.39, 0.29) is 0 Å². The van der Waals surface area contributed by atoms with E-state index in [1.807, 2.05) is 78.9 Å². The van der Waals surface area contributed by atoms with Gasteiger partial charge in [-0.3, -0.25) is 0 Å². The number of hydrogen-bond donors (Lipinski definition) is 0. The molecule has 0 atom stereocenters. The maximum absolute atomic E-state index is 10.7. The van der Waals surface area contributed by atoms with Crippen LogP contribution in [0.15, 0.2) is 170 Å². The fraction of sp³-hybridized carbons (Fsp3) is 0. The van der Waals surface area contributed by atoms with E-state index in [4.69, 9.17) is 0 Å². The van der Waals surface area contributed by atoms with Gasteiger partial charge in [-0.1, -0.05) is 127 Å². The summed E-state index contributed by atoms with van der Waals surface area (Å²) in [5.74, 6) is 0. The van der Waals surface area contributed by atoms with Gasteiger partial charge in [-0.05, 0) is 68.8 Å². The number of aromatic nitrogens is 1. The van der Waals surface area contributed by atoms with Crippen molar-refractivity contribution in [2.45, 2.75) is 0 Å². The molecule has 0 saturated carbocycles. The quantitative estimate of drug-likeness (QED) is 0.138. The Morgan fingerprint density at radius 3 is 1.58 bits per heavy atom. The van der Waals surface area contributed by atoms with Crippen LogP contribution in [0.2, 0.25) is 0 Å². The van der Waals surface area contributed by atoms with Gasteiger partial charge in [-0.2, -0.15) is 15.8 Å². The molecule has 0 fully saturated rings. The third-order valence-corrected chi connectivity index (χ3v) is 14.5. The predicted octanol–water partition coefficient (Wildman–Crippen LogP) is 7.44. The molecule has 232 valence electrons. The monoisotopic (exact) mass is 652 g/mol. The fourth-order valence-corrected chi connectivity index (χ4v) is 12.4. The van der Waals surface area contributed by atoms with E-state index in [0.717, 1.165) is 43.8 Å². The molecule has 1 heterocycles. The Morgan fingerprint density at radius 2 is 0.980 bits per heavy atom. The SMILES string of the molecule is N#Cc1ccc(-c2ccc(C#N)c([Si](c3ccccc3)(c3ccccc3)c3ccccc3)c2)c(-n2c3ccccc3c3cc(C#N)ccc32)c1. The van der Waals surface area contributed by atoms with Crippen LogP contribution in [0.5, 0.6) is 0 Å². The van der Waals surface area contributed by atoms with Crippen molar-refractivity contribution >= 4 is 50.6 Å². The van der Waals surface area contributed by atoms with E-state index < -0.39 is 8.07 Å². The minimum absolute atomic E-state index is 0.541. The Morgan fingerprint density at radius 1 is 0.440 bits per heavy atom. The van der Waals surface area contributed by atoms with E-state index in [2.05, 4.69) is 114 Å². The largest absolute Gasteiger partial charge is 0.309 e. The van der Waals surface area contributed by atoms with Crippen LogP contribution in [-0.2, 0) is 0 Å². The second kappa shape index (κ2) is 12.6. The van der Waals surface area contributed by atoms with Crippen LogP contribution >= 0.6 is 0 Å². The van der Waals surface area contributed by atoms with Crippen LogP contribution in [-0.4, -0.2) is 12.6 Å². The molecular weight excluding hydrogens is 625 g/mol. The van der Waals surface area contributed by atoms with E-state index in [1.165, 1.54) is 15.6 Å². The maximum Gasteiger partial charge on any atom is 0.180 e. The van der Waals surface area contributed by atoms with Crippen molar-refractivity contribution in [2.24, 2.45) is 0 Å². The van der Waals surface area contributed by atoms with Gasteiger partial charge < -0.3 is 4.57 Å².